The van der Waals surface area contributed by atoms with E-state index in [1.54, 1.807) is 0 Å². The minimum Gasteiger partial charge on any atom is -0.327 e. The number of hydrogen-bond donors (Lipinski definition) is 1. The van der Waals surface area contributed by atoms with Crippen molar-refractivity contribution in [3.05, 3.63) is 0 Å². The van der Waals surface area contributed by atoms with Crippen LogP contribution in [0.4, 0.5) is 0 Å². The smallest absolute Gasteiger partial charge is 0.137 e. The van der Waals surface area contributed by atoms with Gasteiger partial charge in [0.2, 0.25) is 0 Å². The van der Waals surface area contributed by atoms with Crippen molar-refractivity contribution in [2.75, 3.05) is 0 Å². The lowest BCUT2D eigenvalue weighted by Crippen LogP contribution is -2.40. The van der Waals surface area contributed by atoms with Crippen LogP contribution < -0.4 is 5.73 Å². The van der Waals surface area contributed by atoms with Gasteiger partial charge in [-0.25, -0.2) is 0 Å². The molecule has 2 heteroatoms. The number of nitrogens with two attached hydrogens (primary N) is 1. The lowest BCUT2D eigenvalue weighted by atomic mass is 9.70. The van der Waals surface area contributed by atoms with Crippen LogP contribution in [-0.4, -0.2) is 11.8 Å². The highest BCUT2D eigenvalue weighted by atomic mass is 16.1. The second-order valence-electron chi connectivity index (χ2n) is 4.80. The van der Waals surface area contributed by atoms with Crippen molar-refractivity contribution in [3.8, 4) is 0 Å². The molecule has 0 heterocycles. The van der Waals surface area contributed by atoms with Gasteiger partial charge in [-0.1, -0.05) is 13.8 Å². The molecule has 0 saturated heterocycles. The van der Waals surface area contributed by atoms with Gasteiger partial charge < -0.3 is 5.73 Å². The van der Waals surface area contributed by atoms with Gasteiger partial charge in [0.15, 0.2) is 0 Å². The maximum atomic E-state index is 11.4. The van der Waals surface area contributed by atoms with E-state index in [9.17, 15) is 4.79 Å². The van der Waals surface area contributed by atoms with Crippen LogP contribution in [0.15, 0.2) is 0 Å². The number of Topliss-reactive ketones (excluding diaryl/α,β-unsaturated/α-hetero) is 1. The Hall–Kier alpha value is -0.370. The molecule has 70 valence electrons. The Balaban J connectivity index is 2.66. The van der Waals surface area contributed by atoms with Crippen molar-refractivity contribution in [2.45, 2.75) is 46.1 Å². The van der Waals surface area contributed by atoms with Crippen LogP contribution in [0.1, 0.15) is 40.0 Å². The SMILES string of the molecule is CC(N)C1CC(C)(C)CCC1=O. The predicted molar refractivity (Wildman–Crippen MR) is 49.8 cm³/mol. The lowest BCUT2D eigenvalue weighted by Gasteiger charge is -2.35. The molecule has 1 aliphatic rings. The van der Waals surface area contributed by atoms with E-state index in [2.05, 4.69) is 13.8 Å². The topological polar surface area (TPSA) is 43.1 Å². The Bertz CT molecular complexity index is 184. The number of carbonyl (C=O) groups is 1. The maximum absolute atomic E-state index is 11.4. The molecule has 1 fully saturated rings. The van der Waals surface area contributed by atoms with Gasteiger partial charge in [-0.2, -0.15) is 0 Å². The fourth-order valence-corrected chi connectivity index (χ4v) is 1.94. The summed E-state index contributed by atoms with van der Waals surface area (Å²) < 4.78 is 0. The van der Waals surface area contributed by atoms with Gasteiger partial charge in [-0.3, -0.25) is 4.79 Å². The number of ketones is 1. The summed E-state index contributed by atoms with van der Waals surface area (Å²) in [6, 6.07) is 0.0251. The molecule has 1 rings (SSSR count). The first-order valence-electron chi connectivity index (χ1n) is 4.71. The van der Waals surface area contributed by atoms with Crippen LogP contribution in [0, 0.1) is 11.3 Å². The van der Waals surface area contributed by atoms with Gasteiger partial charge in [0.1, 0.15) is 5.78 Å². The van der Waals surface area contributed by atoms with Crippen LogP contribution in [-0.2, 0) is 4.79 Å². The zero-order valence-electron chi connectivity index (χ0n) is 8.26. The second kappa shape index (κ2) is 3.17. The molecule has 2 N–H and O–H groups in total. The fraction of sp³-hybridized carbons (Fsp3) is 0.900. The molecule has 0 aromatic heterocycles. The number of carbonyl (C=O) groups excluding carboxylic acids is 1. The first kappa shape index (κ1) is 9.72. The molecule has 1 saturated carbocycles. The summed E-state index contributed by atoms with van der Waals surface area (Å²) in [6.45, 7) is 6.37. The van der Waals surface area contributed by atoms with Gasteiger partial charge in [-0.15, -0.1) is 0 Å². The van der Waals surface area contributed by atoms with E-state index in [4.69, 9.17) is 5.73 Å². The largest absolute Gasteiger partial charge is 0.327 e. The summed E-state index contributed by atoms with van der Waals surface area (Å²) in [5, 5.41) is 0. The molecule has 0 bridgehead atoms. The molecule has 0 amide bonds. The van der Waals surface area contributed by atoms with E-state index >= 15 is 0 Å². The van der Waals surface area contributed by atoms with Crippen molar-refractivity contribution in [3.63, 3.8) is 0 Å². The Kier molecular flexibility index (Phi) is 2.57. The monoisotopic (exact) mass is 169 g/mol. The molecular weight excluding hydrogens is 150 g/mol. The summed E-state index contributed by atoms with van der Waals surface area (Å²) in [5.41, 5.74) is 6.07. The highest BCUT2D eigenvalue weighted by Gasteiger charge is 2.35. The van der Waals surface area contributed by atoms with Crippen LogP contribution in [0.3, 0.4) is 0 Å². The molecule has 0 aromatic rings. The third-order valence-corrected chi connectivity index (χ3v) is 2.87. The molecule has 0 spiro atoms. The minimum atomic E-state index is 0.0251. The second-order valence-corrected chi connectivity index (χ2v) is 4.80. The average Bonchev–Trinajstić information content (AvgIpc) is 1.94. The predicted octanol–water partition coefficient (Wildman–Crippen LogP) is 1.73. The van der Waals surface area contributed by atoms with Crippen LogP contribution in [0.25, 0.3) is 0 Å². The van der Waals surface area contributed by atoms with Crippen LogP contribution in [0.5, 0.6) is 0 Å². The van der Waals surface area contributed by atoms with E-state index < -0.39 is 0 Å². The molecule has 0 aromatic carbocycles. The normalized spacial score (nSPS) is 31.7. The Morgan fingerprint density at radius 1 is 1.58 bits per heavy atom. The standard InChI is InChI=1S/C10H19NO/c1-7(11)8-6-10(2,3)5-4-9(8)12/h7-8H,4-6,11H2,1-3H3. The van der Waals surface area contributed by atoms with Crippen LogP contribution >= 0.6 is 0 Å². The third kappa shape index (κ3) is 2.07. The van der Waals surface area contributed by atoms with Gasteiger partial charge in [0, 0.05) is 18.4 Å². The molecule has 12 heavy (non-hydrogen) atoms. The Morgan fingerprint density at radius 2 is 2.17 bits per heavy atom. The maximum Gasteiger partial charge on any atom is 0.137 e. The zero-order valence-corrected chi connectivity index (χ0v) is 8.26. The molecule has 2 unspecified atom stereocenters. The van der Waals surface area contributed by atoms with Crippen LogP contribution in [0.2, 0.25) is 0 Å². The number of hydrogen-bond acceptors (Lipinski definition) is 2. The molecule has 0 aliphatic heterocycles. The number of rotatable bonds is 1. The molecule has 2 nitrogen and oxygen atoms in total. The summed E-state index contributed by atoms with van der Waals surface area (Å²) in [5.74, 6) is 0.470. The van der Waals surface area contributed by atoms with E-state index in [0.29, 0.717) is 11.2 Å². The van der Waals surface area contributed by atoms with E-state index in [1.807, 2.05) is 6.92 Å². The zero-order chi connectivity index (χ0) is 9.35. The van der Waals surface area contributed by atoms with Gasteiger partial charge in [0.05, 0.1) is 0 Å². The molecule has 2 atom stereocenters. The third-order valence-electron chi connectivity index (χ3n) is 2.87. The van der Waals surface area contributed by atoms with Gasteiger partial charge in [-0.05, 0) is 25.2 Å². The molecule has 1 aliphatic carbocycles. The van der Waals surface area contributed by atoms with E-state index in [-0.39, 0.29) is 12.0 Å². The Labute approximate surface area is 74.5 Å². The van der Waals surface area contributed by atoms with Crippen molar-refractivity contribution >= 4 is 5.78 Å². The molecular formula is C10H19NO. The van der Waals surface area contributed by atoms with Crippen molar-refractivity contribution < 1.29 is 4.79 Å². The Morgan fingerprint density at radius 3 is 2.58 bits per heavy atom. The first-order valence-corrected chi connectivity index (χ1v) is 4.71. The fourth-order valence-electron chi connectivity index (χ4n) is 1.94. The average molecular weight is 169 g/mol. The van der Waals surface area contributed by atoms with Crippen molar-refractivity contribution in [1.29, 1.82) is 0 Å². The summed E-state index contributed by atoms with van der Waals surface area (Å²) >= 11 is 0. The summed E-state index contributed by atoms with van der Waals surface area (Å²) in [4.78, 5) is 11.4. The highest BCUT2D eigenvalue weighted by molar-refractivity contribution is 5.82. The molecule has 0 radical (unpaired) electrons. The van der Waals surface area contributed by atoms with Gasteiger partial charge in [0.25, 0.3) is 0 Å². The van der Waals surface area contributed by atoms with Crippen molar-refractivity contribution in [1.82, 2.24) is 0 Å². The quantitative estimate of drug-likeness (QED) is 0.649. The lowest BCUT2D eigenvalue weighted by molar-refractivity contribution is -0.127. The van der Waals surface area contributed by atoms with Crippen molar-refractivity contribution in [2.24, 2.45) is 17.1 Å². The first-order chi connectivity index (χ1) is 5.42. The summed E-state index contributed by atoms with van der Waals surface area (Å²) in [6.07, 6.45) is 2.71. The summed E-state index contributed by atoms with van der Waals surface area (Å²) in [7, 11) is 0. The van der Waals surface area contributed by atoms with E-state index in [1.165, 1.54) is 0 Å². The highest BCUT2D eigenvalue weighted by Crippen LogP contribution is 2.37. The minimum absolute atomic E-state index is 0.0251. The van der Waals surface area contributed by atoms with E-state index in [0.717, 1.165) is 19.3 Å². The van der Waals surface area contributed by atoms with Gasteiger partial charge >= 0.3 is 0 Å².